The number of anilines is 1. The van der Waals surface area contributed by atoms with Crippen LogP contribution in [0.25, 0.3) is 10.7 Å². The van der Waals surface area contributed by atoms with Crippen LogP contribution in [0.1, 0.15) is 10.5 Å². The van der Waals surface area contributed by atoms with Crippen molar-refractivity contribution in [3.05, 3.63) is 47.9 Å². The first-order valence-corrected chi connectivity index (χ1v) is 8.98. The van der Waals surface area contributed by atoms with Crippen molar-refractivity contribution in [3.63, 3.8) is 0 Å². The van der Waals surface area contributed by atoms with E-state index in [1.54, 1.807) is 10.9 Å². The van der Waals surface area contributed by atoms with E-state index in [2.05, 4.69) is 20.0 Å². The predicted octanol–water partition coefficient (Wildman–Crippen LogP) is 1.90. The highest BCUT2D eigenvalue weighted by atomic mass is 32.1. The van der Waals surface area contributed by atoms with Crippen LogP contribution in [-0.2, 0) is 7.05 Å². The number of piperazine rings is 1. The summed E-state index contributed by atoms with van der Waals surface area (Å²) < 4.78 is 1.79. The molecule has 0 bridgehead atoms. The Morgan fingerprint density at radius 2 is 2.04 bits per heavy atom. The van der Waals surface area contributed by atoms with E-state index in [9.17, 15) is 4.79 Å². The molecule has 0 aliphatic carbocycles. The normalized spacial score (nSPS) is 14.8. The van der Waals surface area contributed by atoms with Gasteiger partial charge in [-0.15, -0.1) is 11.3 Å². The minimum Gasteiger partial charge on any atom is -0.365 e. The lowest BCUT2D eigenvalue weighted by molar-refractivity contribution is 0.0742. The number of aromatic nitrogens is 4. The number of rotatable bonds is 3. The Kier molecular flexibility index (Phi) is 4.19. The van der Waals surface area contributed by atoms with E-state index in [0.29, 0.717) is 18.8 Å². The summed E-state index contributed by atoms with van der Waals surface area (Å²) >= 11 is 1.45. The van der Waals surface area contributed by atoms with Crippen LogP contribution in [0.5, 0.6) is 0 Å². The summed E-state index contributed by atoms with van der Waals surface area (Å²) in [6, 6.07) is 5.69. The molecule has 0 saturated carbocycles. The zero-order valence-corrected chi connectivity index (χ0v) is 14.7. The van der Waals surface area contributed by atoms with Crippen LogP contribution in [0.15, 0.2) is 42.2 Å². The smallest absolute Gasteiger partial charge is 0.273 e. The number of hydrogen-bond acceptors (Lipinski definition) is 6. The van der Waals surface area contributed by atoms with Gasteiger partial charge in [0.1, 0.15) is 10.7 Å². The number of pyridine rings is 1. The van der Waals surface area contributed by atoms with Crippen molar-refractivity contribution in [3.8, 4) is 10.7 Å². The molecule has 3 aromatic heterocycles. The Labute approximate surface area is 149 Å². The Balaban J connectivity index is 1.42. The van der Waals surface area contributed by atoms with E-state index < -0.39 is 0 Å². The fraction of sp³-hybridized carbons (Fsp3) is 0.294. The molecule has 1 fully saturated rings. The molecule has 4 rings (SSSR count). The van der Waals surface area contributed by atoms with E-state index in [-0.39, 0.29) is 5.91 Å². The van der Waals surface area contributed by atoms with Gasteiger partial charge in [0.15, 0.2) is 0 Å². The van der Waals surface area contributed by atoms with Gasteiger partial charge in [0.2, 0.25) is 0 Å². The second-order valence-electron chi connectivity index (χ2n) is 5.90. The lowest BCUT2D eigenvalue weighted by Gasteiger charge is -2.35. The second-order valence-corrected chi connectivity index (χ2v) is 6.76. The molecule has 4 heterocycles. The van der Waals surface area contributed by atoms with Crippen LogP contribution >= 0.6 is 11.3 Å². The first-order valence-electron chi connectivity index (χ1n) is 8.10. The molecule has 1 aliphatic rings. The molecule has 128 valence electrons. The van der Waals surface area contributed by atoms with Crippen LogP contribution in [0.2, 0.25) is 0 Å². The maximum Gasteiger partial charge on any atom is 0.273 e. The van der Waals surface area contributed by atoms with Crippen molar-refractivity contribution in [2.75, 3.05) is 31.1 Å². The van der Waals surface area contributed by atoms with Crippen molar-refractivity contribution in [2.45, 2.75) is 0 Å². The maximum atomic E-state index is 12.7. The van der Waals surface area contributed by atoms with Gasteiger partial charge in [-0.3, -0.25) is 14.5 Å². The monoisotopic (exact) mass is 354 g/mol. The highest BCUT2D eigenvalue weighted by Crippen LogP contribution is 2.23. The van der Waals surface area contributed by atoms with Gasteiger partial charge >= 0.3 is 0 Å². The zero-order chi connectivity index (χ0) is 17.2. The van der Waals surface area contributed by atoms with E-state index in [1.807, 2.05) is 47.9 Å². The molecule has 25 heavy (non-hydrogen) atoms. The third kappa shape index (κ3) is 3.25. The van der Waals surface area contributed by atoms with Gasteiger partial charge in [-0.05, 0) is 12.1 Å². The topological polar surface area (TPSA) is 67.2 Å². The number of carbonyl (C=O) groups is 1. The standard InChI is InChI=1S/C17H18N6OS/c1-21-11-13(10-19-21)22-6-8-23(9-7-22)17(24)15-12-25-16(20-15)14-4-2-3-5-18-14/h2-5,10-12H,6-9H2,1H3. The highest BCUT2D eigenvalue weighted by Gasteiger charge is 2.24. The van der Waals surface area contributed by atoms with Crippen molar-refractivity contribution < 1.29 is 4.79 Å². The van der Waals surface area contributed by atoms with Crippen LogP contribution < -0.4 is 4.90 Å². The molecule has 7 nitrogen and oxygen atoms in total. The molecule has 0 aromatic carbocycles. The summed E-state index contributed by atoms with van der Waals surface area (Å²) in [7, 11) is 1.91. The summed E-state index contributed by atoms with van der Waals surface area (Å²) in [4.78, 5) is 25.6. The third-order valence-electron chi connectivity index (χ3n) is 4.23. The first kappa shape index (κ1) is 15.8. The Morgan fingerprint density at radius 1 is 1.20 bits per heavy atom. The van der Waals surface area contributed by atoms with Gasteiger partial charge in [-0.1, -0.05) is 6.07 Å². The maximum absolute atomic E-state index is 12.7. The molecule has 0 atom stereocenters. The van der Waals surface area contributed by atoms with Crippen molar-refractivity contribution in [1.29, 1.82) is 0 Å². The minimum absolute atomic E-state index is 0.00994. The molecule has 1 amide bonds. The van der Waals surface area contributed by atoms with Crippen LogP contribution in [0, 0.1) is 0 Å². The molecule has 8 heteroatoms. The van der Waals surface area contributed by atoms with E-state index in [0.717, 1.165) is 29.5 Å². The van der Waals surface area contributed by atoms with Crippen molar-refractivity contribution in [2.24, 2.45) is 7.05 Å². The lowest BCUT2D eigenvalue weighted by Crippen LogP contribution is -2.48. The first-order chi connectivity index (χ1) is 12.2. The van der Waals surface area contributed by atoms with E-state index in [1.165, 1.54) is 11.3 Å². The average Bonchev–Trinajstić information content (AvgIpc) is 3.31. The quantitative estimate of drug-likeness (QED) is 0.719. The Bertz CT molecular complexity index is 866. The average molecular weight is 354 g/mol. The number of thiazole rings is 1. The van der Waals surface area contributed by atoms with Crippen molar-refractivity contribution >= 4 is 22.9 Å². The predicted molar refractivity (Wildman–Crippen MR) is 96.7 cm³/mol. The third-order valence-corrected chi connectivity index (χ3v) is 5.10. The Hall–Kier alpha value is -2.74. The van der Waals surface area contributed by atoms with E-state index in [4.69, 9.17) is 0 Å². The van der Waals surface area contributed by atoms with Gasteiger partial charge in [-0.2, -0.15) is 5.10 Å². The molecule has 1 aliphatic heterocycles. The SMILES string of the molecule is Cn1cc(N2CCN(C(=O)c3csc(-c4ccccn4)n3)CC2)cn1. The summed E-state index contributed by atoms with van der Waals surface area (Å²) in [5.41, 5.74) is 2.40. The van der Waals surface area contributed by atoms with Gasteiger partial charge < -0.3 is 9.80 Å². The van der Waals surface area contributed by atoms with Gasteiger partial charge in [0.05, 0.1) is 17.6 Å². The Morgan fingerprint density at radius 3 is 2.72 bits per heavy atom. The summed E-state index contributed by atoms with van der Waals surface area (Å²) in [6.45, 7) is 2.97. The van der Waals surface area contributed by atoms with Crippen LogP contribution in [-0.4, -0.2) is 56.7 Å². The number of hydrogen-bond donors (Lipinski definition) is 0. The summed E-state index contributed by atoms with van der Waals surface area (Å²) in [5.74, 6) is -0.00994. The summed E-state index contributed by atoms with van der Waals surface area (Å²) in [5, 5.41) is 6.80. The van der Waals surface area contributed by atoms with E-state index >= 15 is 0 Å². The van der Waals surface area contributed by atoms with Crippen molar-refractivity contribution in [1.82, 2.24) is 24.6 Å². The van der Waals surface area contributed by atoms with Gasteiger partial charge in [0.25, 0.3) is 5.91 Å². The molecule has 0 radical (unpaired) electrons. The number of carbonyl (C=O) groups excluding carboxylic acids is 1. The molecular formula is C17H18N6OS. The number of amides is 1. The molecular weight excluding hydrogens is 336 g/mol. The molecule has 3 aromatic rings. The fourth-order valence-corrected chi connectivity index (χ4v) is 3.65. The molecule has 0 N–H and O–H groups in total. The number of nitrogens with zero attached hydrogens (tertiary/aromatic N) is 6. The zero-order valence-electron chi connectivity index (χ0n) is 13.9. The molecule has 1 saturated heterocycles. The highest BCUT2D eigenvalue weighted by molar-refractivity contribution is 7.13. The fourth-order valence-electron chi connectivity index (χ4n) is 2.88. The van der Waals surface area contributed by atoms with Gasteiger partial charge in [-0.25, -0.2) is 4.98 Å². The minimum atomic E-state index is -0.00994. The van der Waals surface area contributed by atoms with Gasteiger partial charge in [0, 0.05) is 51.0 Å². The number of aryl methyl sites for hydroxylation is 1. The largest absolute Gasteiger partial charge is 0.365 e. The molecule has 0 unspecified atom stereocenters. The van der Waals surface area contributed by atoms with Crippen LogP contribution in [0.3, 0.4) is 0 Å². The van der Waals surface area contributed by atoms with Crippen LogP contribution in [0.4, 0.5) is 5.69 Å². The molecule has 0 spiro atoms. The lowest BCUT2D eigenvalue weighted by atomic mass is 10.2. The summed E-state index contributed by atoms with van der Waals surface area (Å²) in [6.07, 6.45) is 5.59. The second kappa shape index (κ2) is 6.64.